The maximum atomic E-state index is 12.7. The Labute approximate surface area is 169 Å². The number of hydrogen-bond donors (Lipinski definition) is 0. The fourth-order valence-electron chi connectivity index (χ4n) is 3.31. The van der Waals surface area contributed by atoms with Gasteiger partial charge in [-0.2, -0.15) is 0 Å². The van der Waals surface area contributed by atoms with Crippen molar-refractivity contribution in [1.29, 1.82) is 0 Å². The Hall–Kier alpha value is -3.73. The fourth-order valence-corrected chi connectivity index (χ4v) is 3.31. The largest absolute Gasteiger partial charge is 0.378 e. The maximum absolute atomic E-state index is 12.7. The van der Waals surface area contributed by atoms with Crippen LogP contribution >= 0.6 is 0 Å². The van der Waals surface area contributed by atoms with E-state index in [1.807, 2.05) is 80.5 Å². The number of fused-ring (bicyclic) bond motifs is 1. The summed E-state index contributed by atoms with van der Waals surface area (Å²) in [6.07, 6.45) is 3.35. The highest BCUT2D eigenvalue weighted by atomic mass is 16.1. The third kappa shape index (κ3) is 3.67. The predicted molar refractivity (Wildman–Crippen MR) is 118 cm³/mol. The first-order valence-corrected chi connectivity index (χ1v) is 9.45. The number of carbonyl (C=O) groups excluding carboxylic acids is 1. The Balaban J connectivity index is 1.62. The summed E-state index contributed by atoms with van der Waals surface area (Å²) in [4.78, 5) is 14.7. The molecule has 0 aliphatic carbocycles. The topological polar surface area (TPSA) is 51.0 Å². The van der Waals surface area contributed by atoms with Crippen molar-refractivity contribution in [2.45, 2.75) is 6.92 Å². The van der Waals surface area contributed by atoms with Gasteiger partial charge in [-0.1, -0.05) is 59.8 Å². The van der Waals surface area contributed by atoms with E-state index in [4.69, 9.17) is 0 Å². The van der Waals surface area contributed by atoms with Crippen molar-refractivity contribution >= 4 is 28.3 Å². The number of rotatable bonds is 5. The van der Waals surface area contributed by atoms with Crippen molar-refractivity contribution in [2.75, 3.05) is 19.0 Å². The van der Waals surface area contributed by atoms with Gasteiger partial charge in [0, 0.05) is 25.2 Å². The van der Waals surface area contributed by atoms with Gasteiger partial charge in [0.25, 0.3) is 0 Å². The lowest BCUT2D eigenvalue weighted by molar-refractivity contribution is 0.104. The number of benzene rings is 3. The first-order valence-electron chi connectivity index (χ1n) is 9.45. The molecule has 0 unspecified atom stereocenters. The van der Waals surface area contributed by atoms with Gasteiger partial charge in [0.05, 0.1) is 11.4 Å². The summed E-state index contributed by atoms with van der Waals surface area (Å²) in [5.41, 5.74) is 4.07. The van der Waals surface area contributed by atoms with Gasteiger partial charge in [-0.3, -0.25) is 4.79 Å². The van der Waals surface area contributed by atoms with Crippen molar-refractivity contribution in [1.82, 2.24) is 15.0 Å². The molecule has 1 heterocycles. The second-order valence-corrected chi connectivity index (χ2v) is 7.12. The quantitative estimate of drug-likeness (QED) is 0.371. The Morgan fingerprint density at radius 1 is 0.966 bits per heavy atom. The summed E-state index contributed by atoms with van der Waals surface area (Å²) >= 11 is 0. The van der Waals surface area contributed by atoms with Crippen LogP contribution in [0.25, 0.3) is 22.5 Å². The van der Waals surface area contributed by atoms with E-state index in [0.29, 0.717) is 5.69 Å². The molecule has 3 aromatic carbocycles. The van der Waals surface area contributed by atoms with Crippen LogP contribution in [-0.4, -0.2) is 34.9 Å². The molecule has 0 atom stereocenters. The van der Waals surface area contributed by atoms with Gasteiger partial charge < -0.3 is 4.90 Å². The monoisotopic (exact) mass is 382 g/mol. The number of carbonyl (C=O) groups is 1. The highest BCUT2D eigenvalue weighted by molar-refractivity contribution is 6.06. The molecule has 0 saturated carbocycles. The van der Waals surface area contributed by atoms with E-state index >= 15 is 0 Å². The molecular weight excluding hydrogens is 360 g/mol. The molecule has 0 bridgehead atoms. The predicted octanol–water partition coefficient (Wildman–Crippen LogP) is 4.69. The van der Waals surface area contributed by atoms with Crippen LogP contribution in [-0.2, 0) is 0 Å². The van der Waals surface area contributed by atoms with Gasteiger partial charge in [0.2, 0.25) is 5.78 Å². The van der Waals surface area contributed by atoms with Crippen molar-refractivity contribution < 1.29 is 4.79 Å². The second-order valence-electron chi connectivity index (χ2n) is 7.12. The summed E-state index contributed by atoms with van der Waals surface area (Å²) < 4.78 is 1.73. The first kappa shape index (κ1) is 18.6. The molecule has 0 aliphatic rings. The Morgan fingerprint density at radius 3 is 2.45 bits per heavy atom. The third-order valence-electron chi connectivity index (χ3n) is 4.96. The van der Waals surface area contributed by atoms with Crippen LogP contribution in [0.1, 0.15) is 21.7 Å². The summed E-state index contributed by atoms with van der Waals surface area (Å²) in [5, 5.41) is 10.6. The zero-order valence-corrected chi connectivity index (χ0v) is 16.7. The average Bonchev–Trinajstić information content (AvgIpc) is 3.13. The number of aromatic nitrogens is 3. The smallest absolute Gasteiger partial charge is 0.208 e. The maximum Gasteiger partial charge on any atom is 0.208 e. The zero-order chi connectivity index (χ0) is 20.4. The lowest BCUT2D eigenvalue weighted by Gasteiger charge is -2.11. The van der Waals surface area contributed by atoms with E-state index in [9.17, 15) is 4.79 Å². The molecule has 0 fully saturated rings. The molecule has 0 radical (unpaired) electrons. The highest BCUT2D eigenvalue weighted by Gasteiger charge is 2.16. The Morgan fingerprint density at radius 2 is 1.69 bits per heavy atom. The summed E-state index contributed by atoms with van der Waals surface area (Å²) in [5.74, 6) is -0.161. The zero-order valence-electron chi connectivity index (χ0n) is 16.7. The van der Waals surface area contributed by atoms with E-state index in [0.717, 1.165) is 33.4 Å². The Bertz CT molecular complexity index is 1200. The van der Waals surface area contributed by atoms with E-state index in [2.05, 4.69) is 22.4 Å². The number of hydrogen-bond acceptors (Lipinski definition) is 4. The summed E-state index contributed by atoms with van der Waals surface area (Å²) in [6, 6.07) is 22.1. The first-order chi connectivity index (χ1) is 14.0. The van der Waals surface area contributed by atoms with Gasteiger partial charge in [-0.25, -0.2) is 4.68 Å². The minimum absolute atomic E-state index is 0.161. The normalized spacial score (nSPS) is 11.3. The molecule has 5 nitrogen and oxygen atoms in total. The van der Waals surface area contributed by atoms with E-state index in [-0.39, 0.29) is 5.78 Å². The Kier molecular flexibility index (Phi) is 4.96. The molecule has 1 aromatic heterocycles. The fraction of sp³-hybridized carbons (Fsp3) is 0.125. The van der Waals surface area contributed by atoms with Gasteiger partial charge in [-0.15, -0.1) is 5.10 Å². The van der Waals surface area contributed by atoms with Crippen LogP contribution in [0, 0.1) is 6.92 Å². The molecule has 0 saturated heterocycles. The molecule has 4 rings (SSSR count). The van der Waals surface area contributed by atoms with Crippen LogP contribution < -0.4 is 4.90 Å². The number of ketones is 1. The van der Waals surface area contributed by atoms with E-state index in [1.165, 1.54) is 0 Å². The summed E-state index contributed by atoms with van der Waals surface area (Å²) in [6.45, 7) is 1.87. The lowest BCUT2D eigenvalue weighted by Crippen LogP contribution is -2.07. The lowest BCUT2D eigenvalue weighted by atomic mass is 10.1. The molecule has 29 heavy (non-hydrogen) atoms. The minimum atomic E-state index is -0.161. The SMILES string of the molecule is Cc1c(C(=O)/C=C/c2ccc(N(C)C)cc2)nnn1-c1cccc2ccccc12. The molecule has 0 aliphatic heterocycles. The standard InChI is InChI=1S/C24H22N4O/c1-17-24(23(29)16-13-18-11-14-20(15-12-18)27(2)3)25-26-28(17)22-10-6-8-19-7-4-5-9-21(19)22/h4-16H,1-3H3/b16-13+. The number of allylic oxidation sites excluding steroid dienone is 1. The third-order valence-corrected chi connectivity index (χ3v) is 4.96. The van der Waals surface area contributed by atoms with Crippen LogP contribution in [0.2, 0.25) is 0 Å². The molecule has 0 amide bonds. The van der Waals surface area contributed by atoms with Crippen LogP contribution in [0.15, 0.2) is 72.8 Å². The van der Waals surface area contributed by atoms with Crippen molar-refractivity contribution in [3.05, 3.63) is 89.8 Å². The molecule has 0 N–H and O–H groups in total. The number of nitrogens with zero attached hydrogens (tertiary/aromatic N) is 4. The van der Waals surface area contributed by atoms with Gasteiger partial charge in [-0.05, 0) is 42.1 Å². The summed E-state index contributed by atoms with van der Waals surface area (Å²) in [7, 11) is 3.99. The van der Waals surface area contributed by atoms with Crippen LogP contribution in [0.5, 0.6) is 0 Å². The van der Waals surface area contributed by atoms with E-state index in [1.54, 1.807) is 16.8 Å². The van der Waals surface area contributed by atoms with Crippen molar-refractivity contribution in [3.8, 4) is 5.69 Å². The van der Waals surface area contributed by atoms with E-state index < -0.39 is 0 Å². The highest BCUT2D eigenvalue weighted by Crippen LogP contribution is 2.23. The molecule has 4 aromatic rings. The van der Waals surface area contributed by atoms with Crippen molar-refractivity contribution in [3.63, 3.8) is 0 Å². The number of anilines is 1. The van der Waals surface area contributed by atoms with Crippen molar-refractivity contribution in [2.24, 2.45) is 0 Å². The van der Waals surface area contributed by atoms with Gasteiger partial charge in [0.1, 0.15) is 0 Å². The molecule has 0 spiro atoms. The van der Waals surface area contributed by atoms with Crippen LogP contribution in [0.4, 0.5) is 5.69 Å². The van der Waals surface area contributed by atoms with Crippen LogP contribution in [0.3, 0.4) is 0 Å². The molecule has 144 valence electrons. The minimum Gasteiger partial charge on any atom is -0.378 e. The molecule has 5 heteroatoms. The van der Waals surface area contributed by atoms with Gasteiger partial charge >= 0.3 is 0 Å². The molecular formula is C24H22N4O. The average molecular weight is 382 g/mol. The second kappa shape index (κ2) is 7.72. The van der Waals surface area contributed by atoms with Gasteiger partial charge in [0.15, 0.2) is 5.69 Å².